The molecule has 0 saturated carbocycles. The van der Waals surface area contributed by atoms with Crippen LogP contribution >= 0.6 is 0 Å². The second kappa shape index (κ2) is 16.0. The quantitative estimate of drug-likeness (QED) is 0.0632. The van der Waals surface area contributed by atoms with E-state index in [-0.39, 0.29) is 66.9 Å². The average Bonchev–Trinajstić information content (AvgIpc) is 3.45. The van der Waals surface area contributed by atoms with Gasteiger partial charge in [0.1, 0.15) is 34.3 Å². The average molecular weight is 803 g/mol. The lowest BCUT2D eigenvalue weighted by atomic mass is 9.78. The number of nitrogens with one attached hydrogen (secondary N) is 1. The summed E-state index contributed by atoms with van der Waals surface area (Å²) in [7, 11) is 1.45. The van der Waals surface area contributed by atoms with E-state index in [1.165, 1.54) is 71.4 Å². The molecule has 6 N–H and O–H groups in total. The number of allylic oxidation sites excluding steroid dienone is 2. The number of aromatic hydroxyl groups is 2. The summed E-state index contributed by atoms with van der Waals surface area (Å²) in [6.07, 6.45) is 2.07. The van der Waals surface area contributed by atoms with Crippen molar-refractivity contribution >= 4 is 50.5 Å². The highest BCUT2D eigenvalue weighted by molar-refractivity contribution is 6.19. The number of aromatic nitrogens is 1. The lowest BCUT2D eigenvalue weighted by Crippen LogP contribution is -2.46. The highest BCUT2D eigenvalue weighted by atomic mass is 16.7. The van der Waals surface area contributed by atoms with Gasteiger partial charge in [-0.2, -0.15) is 0 Å². The van der Waals surface area contributed by atoms with Gasteiger partial charge in [0.25, 0.3) is 11.7 Å². The molecule has 0 spiro atoms. The van der Waals surface area contributed by atoms with E-state index in [1.54, 1.807) is 39.8 Å². The molecule has 6 rings (SSSR count). The standard InChI is InChI=1S/C43H50N2O13/c1-18-11-10-12-19(2)42(53)45-33-37(51)30-29(32-40(33)57-28-17-25(47)13-14-26(28)44-32)31-39(23(6)36(30)50)58-43(8,41(31)52)55-16-15-27(54-9)20(3)38(56-24(7)46)22(5)35(49)21(4)34(18)48/h10-18,20-22,27,34-35,38,41,47-49,51-52H,1-9H3,(H,45,53)/b11-10+,16-15+,19-12-/t18-,20+,21+,22+,27-,34-,35+,38+,41?,43-/m0/s1. The van der Waals surface area contributed by atoms with Gasteiger partial charge in [-0.15, -0.1) is 0 Å². The van der Waals surface area contributed by atoms with E-state index in [2.05, 4.69) is 5.32 Å². The summed E-state index contributed by atoms with van der Waals surface area (Å²) in [5.74, 6) is -6.39. The number of phenolic OH excluding ortho intramolecular Hbond substituents is 2. The molecule has 4 bridgehead atoms. The molecule has 4 aromatic rings. The highest BCUT2D eigenvalue weighted by Crippen LogP contribution is 2.52. The first-order valence-corrected chi connectivity index (χ1v) is 19.0. The number of hydrogen-bond donors (Lipinski definition) is 6. The zero-order chi connectivity index (χ0) is 42.5. The molecule has 1 unspecified atom stereocenters. The molecule has 0 radical (unpaired) electrons. The fourth-order valence-corrected chi connectivity index (χ4v) is 7.94. The van der Waals surface area contributed by atoms with Gasteiger partial charge in [0.05, 0.1) is 30.0 Å². The molecule has 3 aromatic carbocycles. The van der Waals surface area contributed by atoms with Crippen LogP contribution in [0, 0.1) is 30.6 Å². The Morgan fingerprint density at radius 2 is 1.67 bits per heavy atom. The molecule has 0 aliphatic carbocycles. The number of benzene rings is 3. The SMILES string of the molecule is CO[C@H]1/C=C/O[C@@]2(C)Oc3c(C)c(=O)c4c(O)c(c5oc6cc(O)ccc6nc5c4c3C2O)NC(=O)/C(C)=C\C=C\[C@H](C)[C@H](O)[C@@H](C)[C@@H](O)[C@@H](C)[C@H](OC(C)=O)[C@@H]1C. The van der Waals surface area contributed by atoms with Crippen molar-refractivity contribution in [2.45, 2.75) is 91.7 Å². The third-order valence-corrected chi connectivity index (χ3v) is 11.5. The number of amides is 1. The topological polar surface area (TPSA) is 227 Å². The lowest BCUT2D eigenvalue weighted by molar-refractivity contribution is -0.181. The first kappa shape index (κ1) is 42.1. The maximum Gasteiger partial charge on any atom is 0.302 e. The van der Waals surface area contributed by atoms with E-state index in [4.69, 9.17) is 28.3 Å². The molecule has 0 fully saturated rings. The summed E-state index contributed by atoms with van der Waals surface area (Å²) >= 11 is 0. The number of nitrogens with zero attached hydrogens (tertiary/aromatic N) is 1. The summed E-state index contributed by atoms with van der Waals surface area (Å²) in [6, 6.07) is 4.18. The van der Waals surface area contributed by atoms with Gasteiger partial charge >= 0.3 is 5.97 Å². The van der Waals surface area contributed by atoms with E-state index in [0.29, 0.717) is 0 Å². The van der Waals surface area contributed by atoms with Gasteiger partial charge < -0.3 is 54.2 Å². The van der Waals surface area contributed by atoms with E-state index in [9.17, 15) is 39.9 Å². The zero-order valence-electron chi connectivity index (χ0n) is 33.8. The fraction of sp³-hybridized carbons (Fsp3) is 0.442. The number of rotatable bonds is 2. The van der Waals surface area contributed by atoms with Crippen LogP contribution in [0.25, 0.3) is 33.0 Å². The van der Waals surface area contributed by atoms with E-state index in [1.807, 2.05) is 0 Å². The molecule has 10 atom stereocenters. The number of methoxy groups -OCH3 is 1. The van der Waals surface area contributed by atoms with Crippen LogP contribution in [-0.2, 0) is 23.8 Å². The smallest absolute Gasteiger partial charge is 0.302 e. The van der Waals surface area contributed by atoms with E-state index >= 15 is 0 Å². The molecule has 1 aromatic heterocycles. The summed E-state index contributed by atoms with van der Waals surface area (Å²) in [6.45, 7) is 12.6. The summed E-state index contributed by atoms with van der Waals surface area (Å²) in [5.41, 5.74) is -0.530. The maximum atomic E-state index is 14.2. The Balaban J connectivity index is 1.58. The minimum atomic E-state index is -1.86. The largest absolute Gasteiger partial charge is 0.508 e. The van der Waals surface area contributed by atoms with Crippen molar-refractivity contribution in [1.82, 2.24) is 4.98 Å². The number of aliphatic hydroxyl groups is 3. The van der Waals surface area contributed by atoms with Crippen LogP contribution in [0.5, 0.6) is 17.2 Å². The number of aliphatic hydroxyl groups excluding tert-OH is 3. The van der Waals surface area contributed by atoms with Crippen LogP contribution in [-0.4, -0.2) is 79.7 Å². The van der Waals surface area contributed by atoms with Crippen molar-refractivity contribution in [3.63, 3.8) is 0 Å². The number of carbonyl (C=O) groups excluding carboxylic acids is 2. The molecule has 310 valence electrons. The van der Waals surface area contributed by atoms with Crippen molar-refractivity contribution in [1.29, 1.82) is 0 Å². The Hall–Kier alpha value is -5.48. The summed E-state index contributed by atoms with van der Waals surface area (Å²) in [5, 5.41) is 59.4. The molecule has 15 heteroatoms. The Morgan fingerprint density at radius 1 is 0.966 bits per heavy atom. The minimum Gasteiger partial charge on any atom is -0.508 e. The van der Waals surface area contributed by atoms with Crippen LogP contribution < -0.4 is 15.5 Å². The minimum absolute atomic E-state index is 0.00825. The first-order valence-electron chi connectivity index (χ1n) is 19.0. The Kier molecular flexibility index (Phi) is 11.7. The molecule has 2 aliphatic rings. The predicted molar refractivity (Wildman–Crippen MR) is 214 cm³/mol. The molecule has 58 heavy (non-hydrogen) atoms. The lowest BCUT2D eigenvalue weighted by Gasteiger charge is -2.38. The van der Waals surface area contributed by atoms with Gasteiger partial charge in [-0.3, -0.25) is 14.4 Å². The van der Waals surface area contributed by atoms with Crippen molar-refractivity contribution in [3.05, 3.63) is 75.7 Å². The normalized spacial score (nSPS) is 31.7. The van der Waals surface area contributed by atoms with Crippen LogP contribution in [0.4, 0.5) is 5.69 Å². The molecule has 2 aliphatic heterocycles. The van der Waals surface area contributed by atoms with Gasteiger partial charge in [0.15, 0.2) is 28.4 Å². The second-order valence-corrected chi connectivity index (χ2v) is 15.6. The summed E-state index contributed by atoms with van der Waals surface area (Å²) in [4.78, 5) is 45.0. The monoisotopic (exact) mass is 802 g/mol. The highest BCUT2D eigenvalue weighted by Gasteiger charge is 2.49. The number of anilines is 1. The molecule has 0 saturated heterocycles. The van der Waals surface area contributed by atoms with Crippen molar-refractivity contribution < 1.29 is 58.5 Å². The second-order valence-electron chi connectivity index (χ2n) is 15.6. The van der Waals surface area contributed by atoms with Gasteiger partial charge in [-0.05, 0) is 32.1 Å². The van der Waals surface area contributed by atoms with Crippen molar-refractivity contribution in [2.24, 2.45) is 23.7 Å². The van der Waals surface area contributed by atoms with Crippen molar-refractivity contribution in [3.8, 4) is 17.2 Å². The number of hydrogen-bond acceptors (Lipinski definition) is 14. The first-order chi connectivity index (χ1) is 27.3. The van der Waals surface area contributed by atoms with E-state index < -0.39 is 83.0 Å². The van der Waals surface area contributed by atoms with Crippen LogP contribution in [0.15, 0.2) is 63.6 Å². The Labute approximate surface area is 334 Å². The number of esters is 1. The fourth-order valence-electron chi connectivity index (χ4n) is 7.94. The molecule has 3 heterocycles. The number of fused-ring (bicyclic) bond motifs is 2. The third-order valence-electron chi connectivity index (χ3n) is 11.5. The van der Waals surface area contributed by atoms with Crippen LogP contribution in [0.3, 0.4) is 0 Å². The van der Waals surface area contributed by atoms with Crippen LogP contribution in [0.1, 0.15) is 65.7 Å². The third kappa shape index (κ3) is 7.39. The van der Waals surface area contributed by atoms with Gasteiger partial charge in [-0.25, -0.2) is 4.98 Å². The number of ether oxygens (including phenoxy) is 4. The van der Waals surface area contributed by atoms with Gasteiger partial charge in [0.2, 0.25) is 0 Å². The van der Waals surface area contributed by atoms with Gasteiger partial charge in [-0.1, -0.05) is 45.9 Å². The molecular formula is C43H50N2O13. The molecule has 15 nitrogen and oxygen atoms in total. The Morgan fingerprint density at radius 3 is 2.34 bits per heavy atom. The van der Waals surface area contributed by atoms with Crippen molar-refractivity contribution in [2.75, 3.05) is 12.4 Å². The van der Waals surface area contributed by atoms with Gasteiger partial charge in [0, 0.05) is 72.8 Å². The summed E-state index contributed by atoms with van der Waals surface area (Å²) < 4.78 is 30.1. The number of phenols is 2. The van der Waals surface area contributed by atoms with Crippen LogP contribution in [0.2, 0.25) is 0 Å². The number of carbonyl (C=O) groups is 2. The maximum absolute atomic E-state index is 14.2. The van der Waals surface area contributed by atoms with E-state index in [0.717, 1.165) is 0 Å². The predicted octanol–water partition coefficient (Wildman–Crippen LogP) is 5.55. The zero-order valence-corrected chi connectivity index (χ0v) is 33.8. The Bertz CT molecular complexity index is 2440. The molecular weight excluding hydrogens is 752 g/mol. The molecule has 1 amide bonds.